The lowest BCUT2D eigenvalue weighted by Crippen LogP contribution is -2.16. The molecule has 0 atom stereocenters. The van der Waals surface area contributed by atoms with Crippen molar-refractivity contribution in [2.24, 2.45) is 0 Å². The number of carbonyl (C=O) groups is 1. The highest BCUT2D eigenvalue weighted by molar-refractivity contribution is 5.90. The molecule has 6 nitrogen and oxygen atoms in total. The molecule has 0 saturated heterocycles. The lowest BCUT2D eigenvalue weighted by atomic mass is 10.1. The van der Waals surface area contributed by atoms with Crippen LogP contribution >= 0.6 is 0 Å². The molecule has 0 radical (unpaired) electrons. The van der Waals surface area contributed by atoms with Crippen LogP contribution < -0.4 is 0 Å². The number of benzene rings is 2. The summed E-state index contributed by atoms with van der Waals surface area (Å²) >= 11 is 0. The smallest absolute Gasteiger partial charge is 0.430 e. The molecular formula is C16H14N2O4. The van der Waals surface area contributed by atoms with Gasteiger partial charge in [-0.15, -0.1) is 4.74 Å². The van der Waals surface area contributed by atoms with E-state index in [1.54, 1.807) is 0 Å². The highest BCUT2D eigenvalue weighted by Crippen LogP contribution is 2.12. The van der Waals surface area contributed by atoms with Crippen LogP contribution in [0.1, 0.15) is 22.3 Å². The first kappa shape index (κ1) is 15.4. The quantitative estimate of drug-likeness (QED) is 0.279. The van der Waals surface area contributed by atoms with E-state index < -0.39 is 10.8 Å². The summed E-state index contributed by atoms with van der Waals surface area (Å²) in [6.07, 6.45) is 2.37. The van der Waals surface area contributed by atoms with Crippen LogP contribution in [-0.2, 0) is 6.42 Å². The van der Waals surface area contributed by atoms with Crippen molar-refractivity contribution < 1.29 is 14.5 Å². The minimum absolute atomic E-state index is 0.122. The minimum Gasteiger partial charge on any atom is -0.616 e. The van der Waals surface area contributed by atoms with Crippen LogP contribution in [0.15, 0.2) is 54.6 Å². The summed E-state index contributed by atoms with van der Waals surface area (Å²) in [4.78, 5) is 21.9. The summed E-state index contributed by atoms with van der Waals surface area (Å²) < 4.78 is 0.268. The van der Waals surface area contributed by atoms with E-state index in [0.29, 0.717) is 12.8 Å². The average molecular weight is 298 g/mol. The molecule has 6 heteroatoms. The lowest BCUT2D eigenvalue weighted by Gasteiger charge is -2.02. The highest BCUT2D eigenvalue weighted by atomic mass is 16.6. The maximum absolute atomic E-state index is 11.9. The van der Waals surface area contributed by atoms with Gasteiger partial charge in [-0.2, -0.15) is 0 Å². The zero-order chi connectivity index (χ0) is 15.9. The van der Waals surface area contributed by atoms with Gasteiger partial charge in [0.1, 0.15) is 0 Å². The van der Waals surface area contributed by atoms with Gasteiger partial charge < -0.3 is 5.21 Å². The molecule has 0 aromatic heterocycles. The highest BCUT2D eigenvalue weighted by Gasteiger charge is 2.15. The fourth-order valence-electron chi connectivity index (χ4n) is 1.93. The van der Waals surface area contributed by atoms with Crippen molar-refractivity contribution >= 4 is 17.8 Å². The Hall–Kier alpha value is -3.02. The number of amides is 1. The first-order valence-electron chi connectivity index (χ1n) is 6.70. The largest absolute Gasteiger partial charge is 0.616 e. The molecule has 0 unspecified atom stereocenters. The van der Waals surface area contributed by atoms with Crippen LogP contribution in [0.25, 0.3) is 0 Å². The van der Waals surface area contributed by atoms with E-state index in [2.05, 4.69) is 0 Å². The SMILES string of the molecule is O=C(c1ccc([N+](=O)[O-])cc1)/[N+]([O-])=C/CCc1ccccc1. The molecule has 0 aliphatic carbocycles. The van der Waals surface area contributed by atoms with Crippen molar-refractivity contribution in [1.29, 1.82) is 0 Å². The van der Waals surface area contributed by atoms with Gasteiger partial charge in [0, 0.05) is 18.6 Å². The number of hydrogen-bond acceptors (Lipinski definition) is 4. The number of carbonyl (C=O) groups excluding carboxylic acids is 1. The van der Waals surface area contributed by atoms with Crippen LogP contribution in [0.2, 0.25) is 0 Å². The normalized spacial score (nSPS) is 11.2. The zero-order valence-corrected chi connectivity index (χ0v) is 11.7. The van der Waals surface area contributed by atoms with Gasteiger partial charge in [0.2, 0.25) is 0 Å². The Kier molecular flexibility index (Phi) is 4.98. The number of nitro benzene ring substituents is 1. The Bertz CT molecular complexity index is 694. The van der Waals surface area contributed by atoms with Gasteiger partial charge in [-0.1, -0.05) is 30.3 Å². The Labute approximate surface area is 127 Å². The van der Waals surface area contributed by atoms with E-state index in [0.717, 1.165) is 5.56 Å². The molecule has 1 amide bonds. The van der Waals surface area contributed by atoms with Crippen molar-refractivity contribution in [3.05, 3.63) is 81.0 Å². The number of aryl methyl sites for hydroxylation is 1. The van der Waals surface area contributed by atoms with Crippen molar-refractivity contribution in [3.63, 3.8) is 0 Å². The predicted molar refractivity (Wildman–Crippen MR) is 81.9 cm³/mol. The maximum atomic E-state index is 11.9. The van der Waals surface area contributed by atoms with Crippen molar-refractivity contribution in [2.45, 2.75) is 12.8 Å². The van der Waals surface area contributed by atoms with E-state index >= 15 is 0 Å². The molecule has 2 rings (SSSR count). The molecule has 0 spiro atoms. The van der Waals surface area contributed by atoms with Crippen molar-refractivity contribution in [1.82, 2.24) is 0 Å². The van der Waals surface area contributed by atoms with Crippen LogP contribution in [0.5, 0.6) is 0 Å². The van der Waals surface area contributed by atoms with E-state index in [9.17, 15) is 20.1 Å². The lowest BCUT2D eigenvalue weighted by molar-refractivity contribution is -0.384. The summed E-state index contributed by atoms with van der Waals surface area (Å²) in [6.45, 7) is 0. The van der Waals surface area contributed by atoms with Crippen LogP contribution in [0.4, 0.5) is 5.69 Å². The van der Waals surface area contributed by atoms with Crippen LogP contribution in [0, 0.1) is 15.3 Å². The van der Waals surface area contributed by atoms with Crippen LogP contribution in [0.3, 0.4) is 0 Å². The molecule has 0 bridgehead atoms. The molecule has 0 aliphatic rings. The first-order chi connectivity index (χ1) is 10.6. The van der Waals surface area contributed by atoms with E-state index in [4.69, 9.17) is 0 Å². The summed E-state index contributed by atoms with van der Waals surface area (Å²) in [7, 11) is 0. The Morgan fingerprint density at radius 2 is 1.64 bits per heavy atom. The molecule has 2 aromatic carbocycles. The van der Waals surface area contributed by atoms with Crippen molar-refractivity contribution in [2.75, 3.05) is 0 Å². The Balaban J connectivity index is 1.99. The second-order valence-electron chi connectivity index (χ2n) is 4.64. The van der Waals surface area contributed by atoms with Gasteiger partial charge in [-0.3, -0.25) is 10.1 Å². The number of non-ortho nitro benzene ring substituents is 1. The van der Waals surface area contributed by atoms with Gasteiger partial charge in [0.25, 0.3) is 5.69 Å². The number of rotatable bonds is 5. The monoisotopic (exact) mass is 298 g/mol. The van der Waals surface area contributed by atoms with Gasteiger partial charge in [-0.25, -0.2) is 4.79 Å². The van der Waals surface area contributed by atoms with Crippen LogP contribution in [-0.4, -0.2) is 21.8 Å². The predicted octanol–water partition coefficient (Wildman–Crippen LogP) is 2.95. The summed E-state index contributed by atoms with van der Waals surface area (Å²) in [5.41, 5.74) is 1.08. The molecule has 0 N–H and O–H groups in total. The maximum Gasteiger partial charge on any atom is 0.430 e. The summed E-state index contributed by atoms with van der Waals surface area (Å²) in [5.74, 6) is -0.733. The minimum atomic E-state index is -0.733. The van der Waals surface area contributed by atoms with Gasteiger partial charge in [-0.05, 0) is 24.1 Å². The Morgan fingerprint density at radius 1 is 1.00 bits per heavy atom. The standard InChI is InChI=1S/C16H14N2O4/c19-16(14-8-10-15(11-9-14)18(21)22)17(20)12-4-7-13-5-2-1-3-6-13/h1-3,5-6,8-12H,4,7H2/b17-12-. The molecule has 0 fully saturated rings. The second kappa shape index (κ2) is 7.12. The number of hydroxylamine groups is 1. The molecule has 0 aliphatic heterocycles. The molecule has 2 aromatic rings. The summed E-state index contributed by atoms with van der Waals surface area (Å²) in [5, 5.41) is 22.3. The number of hydrogen-bond donors (Lipinski definition) is 0. The number of nitrogens with zero attached hydrogens (tertiary/aromatic N) is 2. The van der Waals surface area contributed by atoms with Gasteiger partial charge >= 0.3 is 5.91 Å². The van der Waals surface area contributed by atoms with Gasteiger partial charge in [0.15, 0.2) is 6.21 Å². The third-order valence-corrected chi connectivity index (χ3v) is 3.10. The zero-order valence-electron chi connectivity index (χ0n) is 11.7. The Morgan fingerprint density at radius 3 is 2.23 bits per heavy atom. The van der Waals surface area contributed by atoms with E-state index in [1.165, 1.54) is 30.5 Å². The molecular weight excluding hydrogens is 284 g/mol. The molecule has 0 heterocycles. The number of nitro groups is 1. The topological polar surface area (TPSA) is 86.3 Å². The third-order valence-electron chi connectivity index (χ3n) is 3.10. The second-order valence-corrected chi connectivity index (χ2v) is 4.64. The fraction of sp³-hybridized carbons (Fsp3) is 0.125. The summed E-state index contributed by atoms with van der Waals surface area (Å²) in [6, 6.07) is 14.6. The molecule has 112 valence electrons. The third kappa shape index (κ3) is 3.99. The molecule has 0 saturated carbocycles. The van der Waals surface area contributed by atoms with E-state index in [1.807, 2.05) is 30.3 Å². The first-order valence-corrected chi connectivity index (χ1v) is 6.70. The average Bonchev–Trinajstić information content (AvgIpc) is 2.55. The van der Waals surface area contributed by atoms with Crippen molar-refractivity contribution in [3.8, 4) is 0 Å². The van der Waals surface area contributed by atoms with E-state index in [-0.39, 0.29) is 16.0 Å². The van der Waals surface area contributed by atoms with Gasteiger partial charge in [0.05, 0.1) is 10.5 Å². The molecule has 22 heavy (non-hydrogen) atoms. The fourth-order valence-corrected chi connectivity index (χ4v) is 1.93.